The molecule has 3 aliphatic rings. The fourth-order valence-corrected chi connectivity index (χ4v) is 3.59. The van der Waals surface area contributed by atoms with Gasteiger partial charge in [-0.25, -0.2) is 0 Å². The van der Waals surface area contributed by atoms with Gasteiger partial charge in [0.25, 0.3) is 0 Å². The van der Waals surface area contributed by atoms with Crippen LogP contribution in [-0.4, -0.2) is 12.0 Å². The molecule has 3 bridgehead atoms. The first kappa shape index (κ1) is 6.93. The molecule has 0 amide bonds. The Balaban J connectivity index is 2.04. The highest BCUT2D eigenvalue weighted by atomic mass is 16.5. The first-order valence-electron chi connectivity index (χ1n) is 5.02. The van der Waals surface area contributed by atoms with Crippen LogP contribution in [0.3, 0.4) is 0 Å². The van der Waals surface area contributed by atoms with Crippen molar-refractivity contribution in [3.63, 3.8) is 0 Å². The van der Waals surface area contributed by atoms with Crippen LogP contribution in [0.5, 0.6) is 0 Å². The standard InChI is InChI=1S/C10H15NO/c1-5-6-2-3-9-7(5)4-8(6)10(11)12-9/h5-9,11H,2-4H2,1H3. The Hall–Kier alpha value is -0.530. The molecule has 0 aromatic heterocycles. The van der Waals surface area contributed by atoms with Crippen LogP contribution in [0.1, 0.15) is 26.2 Å². The Morgan fingerprint density at radius 3 is 3.00 bits per heavy atom. The van der Waals surface area contributed by atoms with Gasteiger partial charge in [0.15, 0.2) is 5.90 Å². The lowest BCUT2D eigenvalue weighted by Crippen LogP contribution is -2.33. The highest BCUT2D eigenvalue weighted by molar-refractivity contribution is 5.77. The summed E-state index contributed by atoms with van der Waals surface area (Å²) in [5, 5.41) is 7.74. The summed E-state index contributed by atoms with van der Waals surface area (Å²) in [5.41, 5.74) is 0. The molecule has 0 aromatic carbocycles. The quantitative estimate of drug-likeness (QED) is 0.585. The summed E-state index contributed by atoms with van der Waals surface area (Å²) in [5.74, 6) is 3.47. The molecule has 5 unspecified atom stereocenters. The molecule has 5 atom stereocenters. The predicted octanol–water partition coefficient (Wildman–Crippen LogP) is 2.04. The van der Waals surface area contributed by atoms with Crippen molar-refractivity contribution in [1.82, 2.24) is 0 Å². The SMILES string of the molecule is CC1C2CC3C(=N)OC2CCC31. The smallest absolute Gasteiger partial charge is 0.184 e. The Morgan fingerprint density at radius 2 is 2.17 bits per heavy atom. The van der Waals surface area contributed by atoms with E-state index < -0.39 is 0 Å². The van der Waals surface area contributed by atoms with Gasteiger partial charge in [0.1, 0.15) is 6.10 Å². The lowest BCUT2D eigenvalue weighted by Gasteiger charge is -2.32. The van der Waals surface area contributed by atoms with Gasteiger partial charge in [0, 0.05) is 5.92 Å². The molecule has 12 heavy (non-hydrogen) atoms. The molecule has 1 heterocycles. The van der Waals surface area contributed by atoms with Crippen molar-refractivity contribution in [2.24, 2.45) is 23.7 Å². The summed E-state index contributed by atoms with van der Waals surface area (Å²) in [6.07, 6.45) is 4.16. The molecule has 66 valence electrons. The molecule has 3 fully saturated rings. The van der Waals surface area contributed by atoms with Crippen molar-refractivity contribution >= 4 is 5.90 Å². The molecule has 2 heteroatoms. The average Bonchev–Trinajstić information content (AvgIpc) is 2.22. The third kappa shape index (κ3) is 0.644. The highest BCUT2D eigenvalue weighted by Gasteiger charge is 2.54. The monoisotopic (exact) mass is 165 g/mol. The highest BCUT2D eigenvalue weighted by Crippen LogP contribution is 2.54. The lowest BCUT2D eigenvalue weighted by molar-refractivity contribution is 0.0566. The zero-order chi connectivity index (χ0) is 8.29. The number of fused-ring (bicyclic) bond motifs is 3. The minimum Gasteiger partial charge on any atom is -0.477 e. The predicted molar refractivity (Wildman–Crippen MR) is 46.1 cm³/mol. The van der Waals surface area contributed by atoms with Gasteiger partial charge < -0.3 is 4.74 Å². The van der Waals surface area contributed by atoms with Crippen LogP contribution in [0, 0.1) is 29.1 Å². The van der Waals surface area contributed by atoms with Crippen LogP contribution in [-0.2, 0) is 4.74 Å². The second-order valence-corrected chi connectivity index (χ2v) is 4.63. The molecular weight excluding hydrogens is 150 g/mol. The van der Waals surface area contributed by atoms with Crippen molar-refractivity contribution in [3.8, 4) is 0 Å². The number of rotatable bonds is 0. The molecule has 2 nitrogen and oxygen atoms in total. The Labute approximate surface area is 72.8 Å². The summed E-state index contributed by atoms with van der Waals surface area (Å²) >= 11 is 0. The second-order valence-electron chi connectivity index (χ2n) is 4.63. The first-order valence-corrected chi connectivity index (χ1v) is 5.02. The number of hydrogen-bond donors (Lipinski definition) is 1. The first-order chi connectivity index (χ1) is 5.77. The lowest BCUT2D eigenvalue weighted by atomic mass is 9.78. The van der Waals surface area contributed by atoms with Gasteiger partial charge >= 0.3 is 0 Å². The van der Waals surface area contributed by atoms with Gasteiger partial charge in [-0.05, 0) is 37.0 Å². The van der Waals surface area contributed by atoms with Crippen molar-refractivity contribution in [2.45, 2.75) is 32.3 Å². The maximum absolute atomic E-state index is 7.74. The molecule has 0 spiro atoms. The van der Waals surface area contributed by atoms with E-state index in [4.69, 9.17) is 10.1 Å². The molecule has 2 aliphatic carbocycles. The zero-order valence-corrected chi connectivity index (χ0v) is 7.42. The van der Waals surface area contributed by atoms with Crippen LogP contribution >= 0.6 is 0 Å². The van der Waals surface area contributed by atoms with E-state index in [0.717, 1.165) is 17.8 Å². The van der Waals surface area contributed by atoms with Crippen LogP contribution in [0.2, 0.25) is 0 Å². The van der Waals surface area contributed by atoms with Gasteiger partial charge in [-0.3, -0.25) is 5.41 Å². The van der Waals surface area contributed by atoms with Crippen molar-refractivity contribution in [3.05, 3.63) is 0 Å². The zero-order valence-electron chi connectivity index (χ0n) is 7.42. The molecule has 2 saturated carbocycles. The van der Waals surface area contributed by atoms with E-state index >= 15 is 0 Å². The van der Waals surface area contributed by atoms with Gasteiger partial charge in [0.05, 0.1) is 0 Å². The summed E-state index contributed by atoms with van der Waals surface area (Å²) < 4.78 is 5.62. The summed E-state index contributed by atoms with van der Waals surface area (Å²) in [4.78, 5) is 0. The average molecular weight is 165 g/mol. The summed E-state index contributed by atoms with van der Waals surface area (Å²) in [6, 6.07) is 0. The Bertz CT molecular complexity index is 238. The maximum atomic E-state index is 7.74. The van der Waals surface area contributed by atoms with Crippen molar-refractivity contribution < 1.29 is 4.74 Å². The summed E-state index contributed by atoms with van der Waals surface area (Å²) in [6.45, 7) is 2.35. The van der Waals surface area contributed by atoms with Crippen LogP contribution < -0.4 is 0 Å². The fraction of sp³-hybridized carbons (Fsp3) is 0.900. The summed E-state index contributed by atoms with van der Waals surface area (Å²) in [7, 11) is 0. The second kappa shape index (κ2) is 2.04. The van der Waals surface area contributed by atoms with E-state index in [1.807, 2.05) is 0 Å². The van der Waals surface area contributed by atoms with Gasteiger partial charge in [-0.15, -0.1) is 0 Å². The Kier molecular flexibility index (Phi) is 1.18. The fourth-order valence-electron chi connectivity index (χ4n) is 3.59. The van der Waals surface area contributed by atoms with E-state index in [2.05, 4.69) is 6.92 Å². The number of nitrogens with one attached hydrogen (secondary N) is 1. The van der Waals surface area contributed by atoms with Crippen LogP contribution in [0.4, 0.5) is 0 Å². The van der Waals surface area contributed by atoms with Crippen molar-refractivity contribution in [2.75, 3.05) is 0 Å². The Morgan fingerprint density at radius 1 is 1.33 bits per heavy atom. The third-order valence-corrected chi connectivity index (χ3v) is 4.27. The molecule has 1 N–H and O–H groups in total. The van der Waals surface area contributed by atoms with Crippen molar-refractivity contribution in [1.29, 1.82) is 5.41 Å². The van der Waals surface area contributed by atoms with Gasteiger partial charge in [-0.2, -0.15) is 0 Å². The molecular formula is C10H15NO. The molecule has 3 rings (SSSR count). The molecule has 1 saturated heterocycles. The van der Waals surface area contributed by atoms with E-state index in [1.54, 1.807) is 0 Å². The molecule has 0 radical (unpaired) electrons. The largest absolute Gasteiger partial charge is 0.477 e. The van der Waals surface area contributed by atoms with E-state index in [0.29, 0.717) is 17.9 Å². The third-order valence-electron chi connectivity index (χ3n) is 4.27. The number of ether oxygens (including phenoxy) is 1. The topological polar surface area (TPSA) is 33.1 Å². The minimum atomic E-state index is 0.405. The molecule has 1 aliphatic heterocycles. The van der Waals surface area contributed by atoms with Gasteiger partial charge in [0.2, 0.25) is 0 Å². The normalized spacial score (nSPS) is 55.8. The number of hydrogen-bond acceptors (Lipinski definition) is 2. The van der Waals surface area contributed by atoms with Gasteiger partial charge in [-0.1, -0.05) is 6.92 Å². The molecule has 0 aromatic rings. The van der Waals surface area contributed by atoms with E-state index in [-0.39, 0.29) is 0 Å². The minimum absolute atomic E-state index is 0.405. The van der Waals surface area contributed by atoms with E-state index in [1.165, 1.54) is 19.3 Å². The van der Waals surface area contributed by atoms with Crippen LogP contribution in [0.25, 0.3) is 0 Å². The van der Waals surface area contributed by atoms with Crippen LogP contribution in [0.15, 0.2) is 0 Å². The maximum Gasteiger partial charge on any atom is 0.184 e. The van der Waals surface area contributed by atoms with E-state index in [9.17, 15) is 0 Å².